The Kier molecular flexibility index (Phi) is 4.31. The lowest BCUT2D eigenvalue weighted by atomic mass is 9.89. The van der Waals surface area contributed by atoms with Gasteiger partial charge in [-0.25, -0.2) is 15.0 Å². The third kappa shape index (κ3) is 3.46. The molecule has 2 aromatic rings. The molecule has 2 saturated heterocycles. The molecule has 0 unspecified atom stereocenters. The third-order valence-electron chi connectivity index (χ3n) is 4.68. The minimum absolute atomic E-state index is 0.0436. The van der Waals surface area contributed by atoms with Crippen LogP contribution < -0.4 is 4.74 Å². The van der Waals surface area contributed by atoms with E-state index in [0.717, 1.165) is 19.3 Å². The molecule has 4 heterocycles. The summed E-state index contributed by atoms with van der Waals surface area (Å²) in [6, 6.07) is 7.30. The van der Waals surface area contributed by atoms with Gasteiger partial charge in [-0.2, -0.15) is 0 Å². The zero-order valence-corrected chi connectivity index (χ0v) is 13.9. The topological polar surface area (TPSA) is 77.4 Å². The van der Waals surface area contributed by atoms with Gasteiger partial charge in [0.2, 0.25) is 11.7 Å². The van der Waals surface area contributed by atoms with Crippen molar-refractivity contribution < 1.29 is 14.3 Å². The van der Waals surface area contributed by atoms with Crippen molar-refractivity contribution >= 4 is 5.91 Å². The average Bonchev–Trinajstić information content (AvgIpc) is 3.04. The highest BCUT2D eigenvalue weighted by atomic mass is 16.6. The molecule has 130 valence electrons. The maximum absolute atomic E-state index is 12.6. The van der Waals surface area contributed by atoms with Gasteiger partial charge >= 0.3 is 0 Å². The Bertz CT molecular complexity index is 728. The molecule has 2 aromatic heterocycles. The van der Waals surface area contributed by atoms with Crippen LogP contribution in [-0.2, 0) is 4.74 Å². The summed E-state index contributed by atoms with van der Waals surface area (Å²) in [5.74, 6) is 0.700. The number of hydrogen-bond acceptors (Lipinski definition) is 6. The number of ether oxygens (including phenoxy) is 2. The van der Waals surface area contributed by atoms with Crippen molar-refractivity contribution in [3.8, 4) is 5.88 Å². The Morgan fingerprint density at radius 2 is 2.04 bits per heavy atom. The molecule has 1 amide bonds. The van der Waals surface area contributed by atoms with Gasteiger partial charge in [-0.3, -0.25) is 4.79 Å². The molecule has 0 aliphatic carbocycles. The van der Waals surface area contributed by atoms with Gasteiger partial charge in [0.25, 0.3) is 5.91 Å². The summed E-state index contributed by atoms with van der Waals surface area (Å²) >= 11 is 0. The number of piperidine rings is 1. The lowest BCUT2D eigenvalue weighted by molar-refractivity contribution is -0.0456. The van der Waals surface area contributed by atoms with E-state index < -0.39 is 0 Å². The Morgan fingerprint density at radius 1 is 1.20 bits per heavy atom. The second-order valence-corrected chi connectivity index (χ2v) is 6.51. The largest absolute Gasteiger partial charge is 0.472 e. The molecule has 0 radical (unpaired) electrons. The van der Waals surface area contributed by atoms with Crippen LogP contribution >= 0.6 is 0 Å². The van der Waals surface area contributed by atoms with Crippen molar-refractivity contribution in [2.45, 2.75) is 31.0 Å². The smallest absolute Gasteiger partial charge is 0.291 e. The van der Waals surface area contributed by atoms with Gasteiger partial charge < -0.3 is 14.4 Å². The van der Waals surface area contributed by atoms with E-state index in [0.29, 0.717) is 25.6 Å². The average molecular weight is 340 g/mol. The molecule has 2 atom stereocenters. The van der Waals surface area contributed by atoms with Crippen molar-refractivity contribution in [3.63, 3.8) is 0 Å². The van der Waals surface area contributed by atoms with E-state index in [-0.39, 0.29) is 23.4 Å². The molecule has 0 aromatic carbocycles. The summed E-state index contributed by atoms with van der Waals surface area (Å²) in [5, 5.41) is 0. The molecule has 7 nitrogen and oxygen atoms in total. The predicted molar refractivity (Wildman–Crippen MR) is 89.1 cm³/mol. The molecule has 2 aliphatic rings. The molecular formula is C18H20N4O3. The molecule has 25 heavy (non-hydrogen) atoms. The van der Waals surface area contributed by atoms with Gasteiger partial charge in [0, 0.05) is 37.6 Å². The number of amides is 1. The maximum Gasteiger partial charge on any atom is 0.291 e. The molecule has 2 aliphatic heterocycles. The first-order chi connectivity index (χ1) is 12.2. The minimum atomic E-state index is -0.345. The molecule has 4 rings (SSSR count). The number of carbonyl (C=O) groups is 1. The molecule has 1 spiro atoms. The van der Waals surface area contributed by atoms with Crippen molar-refractivity contribution in [2.24, 2.45) is 0 Å². The minimum Gasteiger partial charge on any atom is -0.472 e. The Morgan fingerprint density at radius 3 is 2.84 bits per heavy atom. The van der Waals surface area contributed by atoms with E-state index in [2.05, 4.69) is 15.0 Å². The summed E-state index contributed by atoms with van der Waals surface area (Å²) in [4.78, 5) is 26.7. The summed E-state index contributed by atoms with van der Waals surface area (Å²) in [6.45, 7) is 1.76. The van der Waals surface area contributed by atoms with E-state index in [4.69, 9.17) is 9.47 Å². The van der Waals surface area contributed by atoms with Gasteiger partial charge in [-0.1, -0.05) is 6.07 Å². The molecule has 7 heteroatoms. The number of carbonyl (C=O) groups excluding carboxylic acids is 1. The monoisotopic (exact) mass is 340 g/mol. The number of pyridine rings is 1. The van der Waals surface area contributed by atoms with Crippen molar-refractivity contribution in [2.75, 3.05) is 19.7 Å². The van der Waals surface area contributed by atoms with Gasteiger partial charge in [0.05, 0.1) is 18.8 Å². The van der Waals surface area contributed by atoms with Crippen LogP contribution in [0.1, 0.15) is 29.9 Å². The van der Waals surface area contributed by atoms with Gasteiger partial charge in [-0.05, 0) is 25.0 Å². The van der Waals surface area contributed by atoms with Crippen molar-refractivity contribution in [1.29, 1.82) is 0 Å². The van der Waals surface area contributed by atoms with Crippen LogP contribution in [0.2, 0.25) is 0 Å². The normalized spacial score (nSPS) is 25.9. The molecule has 0 N–H and O–H groups in total. The first-order valence-corrected chi connectivity index (χ1v) is 8.52. The zero-order valence-electron chi connectivity index (χ0n) is 13.9. The van der Waals surface area contributed by atoms with Crippen LogP contribution in [0.15, 0.2) is 42.9 Å². The number of rotatable bonds is 3. The fourth-order valence-electron chi connectivity index (χ4n) is 3.57. The van der Waals surface area contributed by atoms with E-state index in [9.17, 15) is 4.79 Å². The van der Waals surface area contributed by atoms with Gasteiger partial charge in [0.15, 0.2) is 0 Å². The lowest BCUT2D eigenvalue weighted by Gasteiger charge is -2.39. The molecule has 0 bridgehead atoms. The number of likely N-dealkylation sites (tertiary alicyclic amines) is 1. The van der Waals surface area contributed by atoms with Crippen LogP contribution in [0.3, 0.4) is 0 Å². The summed E-state index contributed by atoms with van der Waals surface area (Å²) < 4.78 is 12.0. The molecule has 2 fully saturated rings. The SMILES string of the molecule is O=C(c1ncccn1)N1CCC[C@]2(C[C@H](Oc3ccccn3)CO2)C1. The van der Waals surface area contributed by atoms with E-state index in [1.807, 2.05) is 18.2 Å². The lowest BCUT2D eigenvalue weighted by Crippen LogP contribution is -2.50. The van der Waals surface area contributed by atoms with Crippen molar-refractivity contribution in [1.82, 2.24) is 19.9 Å². The van der Waals surface area contributed by atoms with Crippen molar-refractivity contribution in [3.05, 3.63) is 48.7 Å². The van der Waals surface area contributed by atoms with E-state index >= 15 is 0 Å². The summed E-state index contributed by atoms with van der Waals surface area (Å²) in [6.07, 6.45) is 7.41. The van der Waals surface area contributed by atoms with Crippen LogP contribution in [0.25, 0.3) is 0 Å². The Balaban J connectivity index is 1.42. The van der Waals surface area contributed by atoms with Crippen LogP contribution in [0.5, 0.6) is 5.88 Å². The molecular weight excluding hydrogens is 320 g/mol. The highest BCUT2D eigenvalue weighted by molar-refractivity contribution is 5.90. The fourth-order valence-corrected chi connectivity index (χ4v) is 3.57. The van der Waals surface area contributed by atoms with Crippen LogP contribution in [-0.4, -0.2) is 57.2 Å². The highest BCUT2D eigenvalue weighted by Crippen LogP contribution is 2.36. The summed E-state index contributed by atoms with van der Waals surface area (Å²) in [7, 11) is 0. The van der Waals surface area contributed by atoms with Crippen LogP contribution in [0.4, 0.5) is 0 Å². The van der Waals surface area contributed by atoms with Gasteiger partial charge in [0.1, 0.15) is 6.10 Å². The first kappa shape index (κ1) is 16.0. The van der Waals surface area contributed by atoms with E-state index in [1.165, 1.54) is 0 Å². The highest BCUT2D eigenvalue weighted by Gasteiger charge is 2.45. The zero-order chi connectivity index (χ0) is 17.1. The maximum atomic E-state index is 12.6. The quantitative estimate of drug-likeness (QED) is 0.847. The number of hydrogen-bond donors (Lipinski definition) is 0. The Hall–Kier alpha value is -2.54. The predicted octanol–water partition coefficient (Wildman–Crippen LogP) is 1.71. The molecule has 0 saturated carbocycles. The summed E-state index contributed by atoms with van der Waals surface area (Å²) in [5.41, 5.74) is -0.345. The fraction of sp³-hybridized carbons (Fsp3) is 0.444. The van der Waals surface area contributed by atoms with Gasteiger partial charge in [-0.15, -0.1) is 0 Å². The number of aromatic nitrogens is 3. The van der Waals surface area contributed by atoms with Crippen LogP contribution in [0, 0.1) is 0 Å². The standard InChI is InChI=1S/C18H20N4O3/c23-17(16-20-8-4-9-21-16)22-10-3-6-18(13-22)11-14(12-24-18)25-15-5-1-2-7-19-15/h1-2,4-5,7-9,14H,3,6,10-13H2/t14-,18-/m0/s1. The third-order valence-corrected chi connectivity index (χ3v) is 4.68. The number of nitrogens with zero attached hydrogens (tertiary/aromatic N) is 4. The Labute approximate surface area is 146 Å². The second kappa shape index (κ2) is 6.76. The second-order valence-electron chi connectivity index (χ2n) is 6.51. The first-order valence-electron chi connectivity index (χ1n) is 8.52. The van der Waals surface area contributed by atoms with E-state index in [1.54, 1.807) is 29.6 Å².